The number of likely N-dealkylation sites (N-methyl/N-ethyl adjacent to an activating group) is 1. The zero-order valence-electron chi connectivity index (χ0n) is 17.3. The number of hydrogen-bond donors (Lipinski definition) is 1. The van der Waals surface area contributed by atoms with E-state index in [2.05, 4.69) is 35.2 Å². The van der Waals surface area contributed by atoms with Gasteiger partial charge in [-0.25, -0.2) is 9.97 Å². The van der Waals surface area contributed by atoms with Crippen molar-refractivity contribution in [3.8, 4) is 0 Å². The minimum absolute atomic E-state index is 0.126. The first-order valence-electron chi connectivity index (χ1n) is 10.9. The Hall–Kier alpha value is -1.91. The van der Waals surface area contributed by atoms with Gasteiger partial charge in [0.1, 0.15) is 0 Å². The molecule has 0 aromatic carbocycles. The fourth-order valence-corrected chi connectivity index (χ4v) is 7.51. The van der Waals surface area contributed by atoms with E-state index in [0.29, 0.717) is 23.4 Å². The lowest BCUT2D eigenvalue weighted by molar-refractivity contribution is -0.138. The molecule has 1 aromatic rings. The summed E-state index contributed by atoms with van der Waals surface area (Å²) in [5, 5.41) is 3.67. The number of carbonyl (C=O) groups excluding carboxylic acids is 1. The summed E-state index contributed by atoms with van der Waals surface area (Å²) >= 11 is 0. The van der Waals surface area contributed by atoms with Gasteiger partial charge < -0.3 is 10.2 Å². The van der Waals surface area contributed by atoms with Crippen molar-refractivity contribution in [3.05, 3.63) is 30.6 Å². The molecule has 1 N–H and O–H groups in total. The number of nitrogens with zero attached hydrogens (tertiary/aromatic N) is 3. The predicted octanol–water partition coefficient (Wildman–Crippen LogP) is 3.90. The smallest absolute Gasteiger partial charge is 0.246 e. The van der Waals surface area contributed by atoms with E-state index < -0.39 is 0 Å². The van der Waals surface area contributed by atoms with Crippen LogP contribution in [-0.2, 0) is 4.79 Å². The number of fused-ring (bicyclic) bond motifs is 5. The van der Waals surface area contributed by atoms with Gasteiger partial charge in [0, 0.05) is 36.9 Å². The fourth-order valence-electron chi connectivity index (χ4n) is 7.51. The molecule has 3 saturated carbocycles. The maximum Gasteiger partial charge on any atom is 0.246 e. The first-order valence-corrected chi connectivity index (χ1v) is 10.9. The van der Waals surface area contributed by atoms with Crippen LogP contribution in [0.25, 0.3) is 0 Å². The summed E-state index contributed by atoms with van der Waals surface area (Å²) < 4.78 is 0. The second kappa shape index (κ2) is 6.30. The summed E-state index contributed by atoms with van der Waals surface area (Å²) in [4.78, 5) is 23.0. The zero-order valence-corrected chi connectivity index (χ0v) is 17.3. The third-order valence-electron chi connectivity index (χ3n) is 9.00. The average Bonchev–Trinajstić information content (AvgIpc) is 3.02. The molecule has 4 aliphatic rings. The molecule has 150 valence electrons. The van der Waals surface area contributed by atoms with Crippen LogP contribution in [0.5, 0.6) is 0 Å². The molecular formula is C23H32N4O. The summed E-state index contributed by atoms with van der Waals surface area (Å²) in [5.41, 5.74) is 0.435. The Morgan fingerprint density at radius 3 is 2.64 bits per heavy atom. The molecule has 7 atom stereocenters. The van der Waals surface area contributed by atoms with Crippen molar-refractivity contribution in [3.63, 3.8) is 0 Å². The molecule has 1 amide bonds. The first kappa shape index (κ1) is 18.1. The summed E-state index contributed by atoms with van der Waals surface area (Å²) in [7, 11) is 2.00. The number of nitrogens with one attached hydrogen (secondary N) is 1. The Kier molecular flexibility index (Phi) is 4.08. The summed E-state index contributed by atoms with van der Waals surface area (Å²) in [6.07, 6.45) is 15.1. The van der Waals surface area contributed by atoms with Crippen LogP contribution in [0.2, 0.25) is 0 Å². The van der Waals surface area contributed by atoms with Crippen LogP contribution in [-0.4, -0.2) is 39.9 Å². The van der Waals surface area contributed by atoms with E-state index in [0.717, 1.165) is 24.2 Å². The molecule has 1 aliphatic heterocycles. The maximum atomic E-state index is 12.2. The summed E-state index contributed by atoms with van der Waals surface area (Å²) in [6.45, 7) is 4.92. The molecule has 5 nitrogen and oxygen atoms in total. The molecule has 0 saturated heterocycles. The van der Waals surface area contributed by atoms with E-state index in [9.17, 15) is 4.79 Å². The second-order valence-electron chi connectivity index (χ2n) is 10.0. The fraction of sp³-hybridized carbons (Fsp3) is 0.696. The molecule has 5 heteroatoms. The number of carbonyl (C=O) groups is 1. The Balaban J connectivity index is 1.41. The first-order chi connectivity index (χ1) is 13.4. The van der Waals surface area contributed by atoms with E-state index in [4.69, 9.17) is 0 Å². The molecule has 28 heavy (non-hydrogen) atoms. The molecule has 0 radical (unpaired) electrons. The molecule has 2 heterocycles. The van der Waals surface area contributed by atoms with Gasteiger partial charge in [0.15, 0.2) is 0 Å². The normalized spacial score (nSPS) is 44.6. The van der Waals surface area contributed by atoms with Gasteiger partial charge in [-0.3, -0.25) is 4.79 Å². The van der Waals surface area contributed by atoms with Crippen molar-refractivity contribution < 1.29 is 4.79 Å². The molecule has 0 unspecified atom stereocenters. The third-order valence-corrected chi connectivity index (χ3v) is 9.00. The van der Waals surface area contributed by atoms with Crippen molar-refractivity contribution in [1.82, 2.24) is 14.9 Å². The Morgan fingerprint density at radius 1 is 1.07 bits per heavy atom. The van der Waals surface area contributed by atoms with Crippen LogP contribution in [0, 0.1) is 28.6 Å². The summed E-state index contributed by atoms with van der Waals surface area (Å²) in [6, 6.07) is 2.69. The van der Waals surface area contributed by atoms with Gasteiger partial charge in [-0.1, -0.05) is 19.9 Å². The van der Waals surface area contributed by atoms with Crippen LogP contribution < -0.4 is 5.32 Å². The monoisotopic (exact) mass is 380 g/mol. The summed E-state index contributed by atoms with van der Waals surface area (Å²) in [5.74, 6) is 3.14. The highest BCUT2D eigenvalue weighted by molar-refractivity contribution is 5.89. The van der Waals surface area contributed by atoms with Gasteiger partial charge >= 0.3 is 0 Å². The average molecular weight is 381 g/mol. The van der Waals surface area contributed by atoms with Gasteiger partial charge in [-0.05, 0) is 73.8 Å². The highest BCUT2D eigenvalue weighted by Crippen LogP contribution is 2.64. The molecule has 0 spiro atoms. The molecule has 5 rings (SSSR count). The van der Waals surface area contributed by atoms with Gasteiger partial charge in [-0.15, -0.1) is 0 Å². The molecule has 1 aromatic heterocycles. The maximum absolute atomic E-state index is 12.2. The highest BCUT2D eigenvalue weighted by Gasteiger charge is 2.60. The SMILES string of the molecule is CN1C(=O)C=C[C@]2(C)[C@H]3CC[C@]4(C)[C@@H](Nc5ncccn5)CC[C@H]4[C@@H]3CC[C@@H]12. The molecule has 3 fully saturated rings. The largest absolute Gasteiger partial charge is 0.351 e. The van der Waals surface area contributed by atoms with Gasteiger partial charge in [0.2, 0.25) is 11.9 Å². The molecule has 0 bridgehead atoms. The Bertz CT molecular complexity index is 795. The van der Waals surface area contributed by atoms with Crippen molar-refractivity contribution in [2.75, 3.05) is 12.4 Å². The Morgan fingerprint density at radius 2 is 1.86 bits per heavy atom. The van der Waals surface area contributed by atoms with Gasteiger partial charge in [0.05, 0.1) is 0 Å². The lowest BCUT2D eigenvalue weighted by atomic mass is 9.48. The van der Waals surface area contributed by atoms with Gasteiger partial charge in [-0.2, -0.15) is 0 Å². The number of aromatic nitrogens is 2. The van der Waals surface area contributed by atoms with Crippen molar-refractivity contribution in [2.45, 2.75) is 64.5 Å². The standard InChI is InChI=1S/C23H32N4O/c1-22-11-9-17-15(5-8-19-23(17,2)12-10-20(28)27(19)3)16(22)6-7-18(22)26-21-24-13-4-14-25-21/h4,10,12-19H,5-9,11H2,1-3H3,(H,24,25,26)/t15-,16-,17-,18-,19+,22-,23+/m0/s1. The van der Waals surface area contributed by atoms with Crippen LogP contribution >= 0.6 is 0 Å². The van der Waals surface area contributed by atoms with Crippen molar-refractivity contribution in [1.29, 1.82) is 0 Å². The number of hydrogen-bond acceptors (Lipinski definition) is 4. The van der Waals surface area contributed by atoms with E-state index in [1.807, 2.05) is 36.5 Å². The lowest BCUT2D eigenvalue weighted by Gasteiger charge is -2.60. The quantitative estimate of drug-likeness (QED) is 0.845. The van der Waals surface area contributed by atoms with E-state index in [1.165, 1.54) is 32.1 Å². The number of amides is 1. The predicted molar refractivity (Wildman–Crippen MR) is 110 cm³/mol. The van der Waals surface area contributed by atoms with Crippen molar-refractivity contribution in [2.24, 2.45) is 28.6 Å². The second-order valence-corrected chi connectivity index (χ2v) is 10.0. The molecule has 3 aliphatic carbocycles. The number of anilines is 1. The van der Waals surface area contributed by atoms with Crippen LogP contribution in [0.3, 0.4) is 0 Å². The zero-order chi connectivity index (χ0) is 19.5. The molecular weight excluding hydrogens is 348 g/mol. The van der Waals surface area contributed by atoms with Crippen molar-refractivity contribution >= 4 is 11.9 Å². The van der Waals surface area contributed by atoms with E-state index >= 15 is 0 Å². The Labute approximate surface area is 168 Å². The van der Waals surface area contributed by atoms with E-state index in [-0.39, 0.29) is 11.3 Å². The van der Waals surface area contributed by atoms with E-state index in [1.54, 1.807) is 0 Å². The minimum atomic E-state index is 0.126. The topological polar surface area (TPSA) is 58.1 Å². The highest BCUT2D eigenvalue weighted by atomic mass is 16.2. The van der Waals surface area contributed by atoms with Gasteiger partial charge in [0.25, 0.3) is 0 Å². The van der Waals surface area contributed by atoms with Crippen LogP contribution in [0.4, 0.5) is 5.95 Å². The third kappa shape index (κ3) is 2.47. The van der Waals surface area contributed by atoms with Crippen LogP contribution in [0.1, 0.15) is 52.4 Å². The lowest BCUT2D eigenvalue weighted by Crippen LogP contribution is -2.60. The number of rotatable bonds is 2. The minimum Gasteiger partial charge on any atom is -0.351 e. The van der Waals surface area contributed by atoms with Crippen LogP contribution in [0.15, 0.2) is 30.6 Å².